The van der Waals surface area contributed by atoms with Crippen molar-refractivity contribution in [3.8, 4) is 11.5 Å². The van der Waals surface area contributed by atoms with Crippen LogP contribution in [-0.4, -0.2) is 29.2 Å². The second kappa shape index (κ2) is 6.66. The first kappa shape index (κ1) is 15.8. The van der Waals surface area contributed by atoms with Gasteiger partial charge in [0.2, 0.25) is 0 Å². The SMILES string of the molecule is O=C(NC(=S)Nc1nc2ccccc2s1)c1ccc2c(c1)OCCO2. The summed E-state index contributed by atoms with van der Waals surface area (Å²) < 4.78 is 12.0. The third kappa shape index (κ3) is 3.40. The largest absolute Gasteiger partial charge is 0.486 e. The summed E-state index contributed by atoms with van der Waals surface area (Å²) >= 11 is 6.68. The van der Waals surface area contributed by atoms with Gasteiger partial charge in [0, 0.05) is 5.56 Å². The molecule has 6 nitrogen and oxygen atoms in total. The maximum Gasteiger partial charge on any atom is 0.257 e. The molecule has 1 aromatic heterocycles. The minimum Gasteiger partial charge on any atom is -0.486 e. The number of fused-ring (bicyclic) bond motifs is 2. The molecule has 1 aliphatic heterocycles. The van der Waals surface area contributed by atoms with Gasteiger partial charge in [-0.1, -0.05) is 23.5 Å². The van der Waals surface area contributed by atoms with Crippen LogP contribution >= 0.6 is 23.6 Å². The molecule has 2 aromatic carbocycles. The monoisotopic (exact) mass is 371 g/mol. The topological polar surface area (TPSA) is 72.5 Å². The first-order valence-corrected chi connectivity index (χ1v) is 8.79. The van der Waals surface area contributed by atoms with Crippen molar-refractivity contribution in [3.05, 3.63) is 48.0 Å². The Morgan fingerprint density at radius 3 is 2.76 bits per heavy atom. The zero-order valence-electron chi connectivity index (χ0n) is 12.9. The van der Waals surface area contributed by atoms with Crippen LogP contribution in [-0.2, 0) is 0 Å². The van der Waals surface area contributed by atoms with E-state index in [-0.39, 0.29) is 11.0 Å². The molecule has 0 radical (unpaired) electrons. The Balaban J connectivity index is 1.44. The Labute approximate surface area is 152 Å². The van der Waals surface area contributed by atoms with Gasteiger partial charge in [-0.2, -0.15) is 0 Å². The maximum atomic E-state index is 12.4. The van der Waals surface area contributed by atoms with Crippen molar-refractivity contribution in [1.82, 2.24) is 10.3 Å². The third-order valence-corrected chi connectivity index (χ3v) is 4.70. The lowest BCUT2D eigenvalue weighted by Crippen LogP contribution is -2.34. The second-order valence-corrected chi connectivity index (χ2v) is 6.69. The minimum atomic E-state index is -0.324. The van der Waals surface area contributed by atoms with Gasteiger partial charge in [-0.25, -0.2) is 4.98 Å². The molecule has 0 spiro atoms. The Bertz CT molecular complexity index is 938. The molecule has 0 saturated heterocycles. The molecule has 3 aromatic rings. The first-order chi connectivity index (χ1) is 12.2. The number of hydrogen-bond donors (Lipinski definition) is 2. The van der Waals surface area contributed by atoms with Gasteiger partial charge in [0.15, 0.2) is 21.7 Å². The molecule has 0 atom stereocenters. The summed E-state index contributed by atoms with van der Waals surface area (Å²) in [6.45, 7) is 0.977. The quantitative estimate of drug-likeness (QED) is 0.674. The number of nitrogens with one attached hydrogen (secondary N) is 2. The Kier molecular flexibility index (Phi) is 4.21. The molecule has 0 unspecified atom stereocenters. The van der Waals surface area contributed by atoms with Gasteiger partial charge < -0.3 is 14.8 Å². The minimum absolute atomic E-state index is 0.193. The number of carbonyl (C=O) groups is 1. The van der Waals surface area contributed by atoms with Crippen LogP contribution in [0.15, 0.2) is 42.5 Å². The number of thiocarbonyl (C=S) groups is 1. The predicted molar refractivity (Wildman–Crippen MR) is 101 cm³/mol. The zero-order valence-corrected chi connectivity index (χ0v) is 14.6. The molecule has 2 heterocycles. The van der Waals surface area contributed by atoms with Crippen LogP contribution in [0.5, 0.6) is 11.5 Å². The fraction of sp³-hybridized carbons (Fsp3) is 0.118. The van der Waals surface area contributed by atoms with Gasteiger partial charge in [0.25, 0.3) is 5.91 Å². The Morgan fingerprint density at radius 2 is 1.92 bits per heavy atom. The van der Waals surface area contributed by atoms with Gasteiger partial charge in [0.1, 0.15) is 13.2 Å². The van der Waals surface area contributed by atoms with Gasteiger partial charge in [-0.3, -0.25) is 10.1 Å². The summed E-state index contributed by atoms with van der Waals surface area (Å²) in [5.74, 6) is 0.873. The zero-order chi connectivity index (χ0) is 17.2. The Morgan fingerprint density at radius 1 is 1.12 bits per heavy atom. The number of carbonyl (C=O) groups excluding carboxylic acids is 1. The van der Waals surface area contributed by atoms with Crippen LogP contribution in [0.2, 0.25) is 0 Å². The van der Waals surface area contributed by atoms with Crippen LogP contribution in [0.1, 0.15) is 10.4 Å². The average Bonchev–Trinajstić information content (AvgIpc) is 3.03. The highest BCUT2D eigenvalue weighted by atomic mass is 32.1. The van der Waals surface area contributed by atoms with Crippen LogP contribution < -0.4 is 20.1 Å². The van der Waals surface area contributed by atoms with E-state index in [0.29, 0.717) is 35.4 Å². The second-order valence-electron chi connectivity index (χ2n) is 5.25. The van der Waals surface area contributed by atoms with Gasteiger partial charge in [0.05, 0.1) is 10.2 Å². The van der Waals surface area contributed by atoms with E-state index in [0.717, 1.165) is 10.2 Å². The van der Waals surface area contributed by atoms with E-state index in [1.807, 2.05) is 24.3 Å². The summed E-state index contributed by atoms with van der Waals surface area (Å²) in [5, 5.41) is 6.42. The Hall–Kier alpha value is -2.71. The van der Waals surface area contributed by atoms with E-state index >= 15 is 0 Å². The van der Waals surface area contributed by atoms with Crippen molar-refractivity contribution in [2.45, 2.75) is 0 Å². The van der Waals surface area contributed by atoms with E-state index in [4.69, 9.17) is 21.7 Å². The van der Waals surface area contributed by atoms with E-state index in [1.54, 1.807) is 18.2 Å². The van der Waals surface area contributed by atoms with Crippen LogP contribution in [0.4, 0.5) is 5.13 Å². The van der Waals surface area contributed by atoms with E-state index in [9.17, 15) is 4.79 Å². The van der Waals surface area contributed by atoms with Crippen LogP contribution in [0.25, 0.3) is 10.2 Å². The number of anilines is 1. The smallest absolute Gasteiger partial charge is 0.257 e. The highest BCUT2D eigenvalue weighted by Gasteiger charge is 2.16. The van der Waals surface area contributed by atoms with Crippen molar-refractivity contribution in [2.24, 2.45) is 0 Å². The standard InChI is InChI=1S/C17H13N3O3S2/c21-15(10-5-6-12-13(9-10)23-8-7-22-12)19-16(24)20-17-18-11-3-1-2-4-14(11)25-17/h1-6,9H,7-8H2,(H2,18,19,20,21,24). The summed E-state index contributed by atoms with van der Waals surface area (Å²) in [6, 6.07) is 12.8. The molecule has 1 aliphatic rings. The van der Waals surface area contributed by atoms with Crippen molar-refractivity contribution in [2.75, 3.05) is 18.5 Å². The number of rotatable bonds is 2. The number of para-hydroxylation sites is 1. The number of hydrogen-bond acceptors (Lipinski definition) is 6. The molecule has 0 fully saturated rings. The van der Waals surface area contributed by atoms with Crippen LogP contribution in [0.3, 0.4) is 0 Å². The number of aromatic nitrogens is 1. The average molecular weight is 371 g/mol. The maximum absolute atomic E-state index is 12.4. The molecule has 126 valence electrons. The molecule has 0 aliphatic carbocycles. The van der Waals surface area contributed by atoms with Gasteiger partial charge in [-0.05, 0) is 42.5 Å². The van der Waals surface area contributed by atoms with Crippen molar-refractivity contribution < 1.29 is 14.3 Å². The lowest BCUT2D eigenvalue weighted by Gasteiger charge is -2.18. The van der Waals surface area contributed by atoms with Crippen molar-refractivity contribution in [3.63, 3.8) is 0 Å². The fourth-order valence-corrected chi connectivity index (χ4v) is 3.54. The molecular weight excluding hydrogens is 358 g/mol. The summed E-state index contributed by atoms with van der Waals surface area (Å²) in [7, 11) is 0. The highest BCUT2D eigenvalue weighted by molar-refractivity contribution is 7.80. The number of ether oxygens (including phenoxy) is 2. The molecule has 4 rings (SSSR count). The van der Waals surface area contributed by atoms with E-state index < -0.39 is 0 Å². The lowest BCUT2D eigenvalue weighted by atomic mass is 10.2. The van der Waals surface area contributed by atoms with Gasteiger partial charge >= 0.3 is 0 Å². The van der Waals surface area contributed by atoms with E-state index in [2.05, 4.69) is 15.6 Å². The third-order valence-electron chi connectivity index (χ3n) is 3.55. The molecule has 8 heteroatoms. The fourth-order valence-electron chi connectivity index (χ4n) is 2.41. The lowest BCUT2D eigenvalue weighted by molar-refractivity contribution is 0.0976. The van der Waals surface area contributed by atoms with Gasteiger partial charge in [-0.15, -0.1) is 0 Å². The summed E-state index contributed by atoms with van der Waals surface area (Å²) in [6.07, 6.45) is 0. The molecular formula is C17H13N3O3S2. The molecule has 0 saturated carbocycles. The van der Waals surface area contributed by atoms with Crippen molar-refractivity contribution >= 4 is 49.9 Å². The van der Waals surface area contributed by atoms with Crippen LogP contribution in [0, 0.1) is 0 Å². The normalized spacial score (nSPS) is 12.6. The predicted octanol–water partition coefficient (Wildman–Crippen LogP) is 3.19. The number of nitrogens with zero attached hydrogens (tertiary/aromatic N) is 1. The number of thiazole rings is 1. The number of benzene rings is 2. The molecule has 0 bridgehead atoms. The first-order valence-electron chi connectivity index (χ1n) is 7.56. The molecule has 25 heavy (non-hydrogen) atoms. The highest BCUT2D eigenvalue weighted by Crippen LogP contribution is 2.30. The molecule has 1 amide bonds. The molecule has 2 N–H and O–H groups in total. The van der Waals surface area contributed by atoms with Crippen molar-refractivity contribution in [1.29, 1.82) is 0 Å². The van der Waals surface area contributed by atoms with E-state index in [1.165, 1.54) is 11.3 Å². The number of amides is 1. The summed E-state index contributed by atoms with van der Waals surface area (Å²) in [4.78, 5) is 16.8. The summed E-state index contributed by atoms with van der Waals surface area (Å²) in [5.41, 5.74) is 1.33.